The zero-order valence-corrected chi connectivity index (χ0v) is 17.4. The largest absolute Gasteiger partial charge is 0.433 e. The molecule has 0 saturated carbocycles. The Balaban J connectivity index is 1.84. The van der Waals surface area contributed by atoms with E-state index in [1.54, 1.807) is 18.2 Å². The topological polar surface area (TPSA) is 90.6 Å². The van der Waals surface area contributed by atoms with Crippen molar-refractivity contribution in [3.63, 3.8) is 0 Å². The molecule has 0 radical (unpaired) electrons. The van der Waals surface area contributed by atoms with E-state index in [0.717, 1.165) is 6.07 Å². The third kappa shape index (κ3) is 5.84. The molecule has 0 aliphatic carbocycles. The molecule has 3 N–H and O–H groups in total. The van der Waals surface area contributed by atoms with E-state index in [1.807, 2.05) is 20.8 Å². The maximum atomic E-state index is 13.1. The van der Waals surface area contributed by atoms with E-state index in [0.29, 0.717) is 35.1 Å². The lowest BCUT2D eigenvalue weighted by molar-refractivity contribution is -0.141. The van der Waals surface area contributed by atoms with Crippen molar-refractivity contribution >= 4 is 28.7 Å². The summed E-state index contributed by atoms with van der Waals surface area (Å²) >= 11 is 0. The Hall–Kier alpha value is -3.36. The summed E-state index contributed by atoms with van der Waals surface area (Å²) in [5.74, 6) is -0.490. The number of carbonyl (C=O) groups is 1. The number of rotatable bonds is 5. The van der Waals surface area contributed by atoms with E-state index in [-0.39, 0.29) is 11.1 Å². The summed E-state index contributed by atoms with van der Waals surface area (Å²) in [5.41, 5.74) is 0.697. The first kappa shape index (κ1) is 22.3. The van der Waals surface area contributed by atoms with Crippen molar-refractivity contribution in [2.24, 2.45) is 5.41 Å². The molecular weight excluding hydrogens is 409 g/mol. The zero-order valence-electron chi connectivity index (χ0n) is 17.4. The number of alkyl halides is 3. The number of H-pyrrole nitrogens is 2. The Kier molecular flexibility index (Phi) is 6.06. The first-order valence-electron chi connectivity index (χ1n) is 9.69. The summed E-state index contributed by atoms with van der Waals surface area (Å²) in [7, 11) is 0. The van der Waals surface area contributed by atoms with Gasteiger partial charge in [-0.2, -0.15) is 13.2 Å². The molecule has 31 heavy (non-hydrogen) atoms. The number of carbonyl (C=O) groups excluding carboxylic acids is 1. The Morgan fingerprint density at radius 3 is 2.55 bits per heavy atom. The normalized spacial score (nSPS) is 12.6. The lowest BCUT2D eigenvalue weighted by atomic mass is 9.89. The van der Waals surface area contributed by atoms with Crippen LogP contribution >= 0.6 is 0 Å². The van der Waals surface area contributed by atoms with Crippen LogP contribution in [0.5, 0.6) is 0 Å². The zero-order chi connectivity index (χ0) is 22.8. The molecule has 0 bridgehead atoms. The van der Waals surface area contributed by atoms with E-state index in [1.165, 1.54) is 18.2 Å². The van der Waals surface area contributed by atoms with Gasteiger partial charge in [0.2, 0.25) is 5.91 Å². The fourth-order valence-corrected chi connectivity index (χ4v) is 3.02. The fourth-order valence-electron chi connectivity index (χ4n) is 3.02. The van der Waals surface area contributed by atoms with Gasteiger partial charge in [-0.05, 0) is 48.1 Å². The van der Waals surface area contributed by atoms with Gasteiger partial charge in [-0.15, -0.1) is 0 Å². The molecule has 2 heterocycles. The monoisotopic (exact) mass is 432 g/mol. The van der Waals surface area contributed by atoms with Gasteiger partial charge < -0.3 is 15.3 Å². The molecule has 1 aromatic carbocycles. The minimum atomic E-state index is -4.54. The number of hydrogen-bond donors (Lipinski definition) is 3. The highest BCUT2D eigenvalue weighted by Crippen LogP contribution is 2.30. The van der Waals surface area contributed by atoms with Crippen LogP contribution < -0.4 is 11.0 Å². The van der Waals surface area contributed by atoms with Crippen molar-refractivity contribution in [1.82, 2.24) is 15.0 Å². The quantitative estimate of drug-likeness (QED) is 0.501. The number of nitrogens with zero attached hydrogens (tertiary/aromatic N) is 1. The second-order valence-electron chi connectivity index (χ2n) is 8.42. The van der Waals surface area contributed by atoms with Gasteiger partial charge in [-0.3, -0.25) is 4.79 Å². The van der Waals surface area contributed by atoms with Crippen LogP contribution in [0.2, 0.25) is 0 Å². The second-order valence-corrected chi connectivity index (χ2v) is 8.42. The molecule has 0 unspecified atom stereocenters. The number of halogens is 3. The van der Waals surface area contributed by atoms with Crippen molar-refractivity contribution in [3.05, 3.63) is 63.8 Å². The molecule has 6 nitrogen and oxygen atoms in total. The number of amides is 1. The molecule has 0 atom stereocenters. The number of benzene rings is 1. The fraction of sp³-hybridized carbons (Fsp3) is 0.318. The van der Waals surface area contributed by atoms with E-state index in [2.05, 4.69) is 20.3 Å². The van der Waals surface area contributed by atoms with Gasteiger partial charge in [0.25, 0.3) is 0 Å². The van der Waals surface area contributed by atoms with Crippen molar-refractivity contribution in [1.29, 1.82) is 0 Å². The molecular formula is C22H23F3N4O2. The molecule has 0 spiro atoms. The minimum Gasteiger partial charge on any atom is -0.321 e. The number of aromatic nitrogens is 3. The molecule has 0 saturated heterocycles. The minimum absolute atomic E-state index is 0.0829. The third-order valence-corrected chi connectivity index (χ3v) is 4.63. The number of hydrogen-bond acceptors (Lipinski definition) is 3. The van der Waals surface area contributed by atoms with E-state index in [4.69, 9.17) is 0 Å². The molecule has 3 aromatic rings. The number of imidazole rings is 1. The number of fused-ring (bicyclic) bond motifs is 1. The molecule has 2 aromatic heterocycles. The van der Waals surface area contributed by atoms with Gasteiger partial charge >= 0.3 is 11.9 Å². The SMILES string of the molecule is CC(C)(C)CCc1nc(C(F)(F)F)ccc1/C=C/C(=O)Nc1cccc2[nH]c(=O)[nH]c12. The number of aromatic amines is 2. The summed E-state index contributed by atoms with van der Waals surface area (Å²) in [6, 6.07) is 7.22. The first-order valence-corrected chi connectivity index (χ1v) is 9.69. The van der Waals surface area contributed by atoms with Crippen molar-refractivity contribution in [2.75, 3.05) is 5.32 Å². The average molecular weight is 432 g/mol. The lowest BCUT2D eigenvalue weighted by Crippen LogP contribution is -2.13. The molecule has 0 aliphatic rings. The highest BCUT2D eigenvalue weighted by atomic mass is 19.4. The van der Waals surface area contributed by atoms with Crippen LogP contribution in [0.15, 0.2) is 41.2 Å². The van der Waals surface area contributed by atoms with E-state index < -0.39 is 23.5 Å². The summed E-state index contributed by atoms with van der Waals surface area (Å²) in [6.07, 6.45) is -0.882. The number of para-hydroxylation sites is 1. The summed E-state index contributed by atoms with van der Waals surface area (Å²) in [5, 5.41) is 2.66. The Morgan fingerprint density at radius 2 is 1.87 bits per heavy atom. The number of nitrogens with one attached hydrogen (secondary N) is 3. The van der Waals surface area contributed by atoms with Gasteiger partial charge in [-0.25, -0.2) is 9.78 Å². The van der Waals surface area contributed by atoms with Crippen molar-refractivity contribution in [3.8, 4) is 0 Å². The maximum absolute atomic E-state index is 13.1. The molecule has 0 fully saturated rings. The number of pyridine rings is 1. The Morgan fingerprint density at radius 1 is 1.13 bits per heavy atom. The predicted molar refractivity (Wildman–Crippen MR) is 114 cm³/mol. The van der Waals surface area contributed by atoms with E-state index in [9.17, 15) is 22.8 Å². The standard InChI is InChI=1S/C22H23F3N4O2/c1-21(2,3)12-11-14-13(7-9-17(26-14)22(23,24)25)8-10-18(30)27-15-5-4-6-16-19(15)29-20(31)28-16/h4-10H,11-12H2,1-3H3,(H,27,30)(H2,28,29,31)/b10-8+. The highest BCUT2D eigenvalue weighted by Gasteiger charge is 2.33. The highest BCUT2D eigenvalue weighted by molar-refractivity contribution is 6.06. The van der Waals surface area contributed by atoms with Gasteiger partial charge in [0.15, 0.2) is 0 Å². The van der Waals surface area contributed by atoms with Crippen LogP contribution in [0.25, 0.3) is 17.1 Å². The molecule has 9 heteroatoms. The third-order valence-electron chi connectivity index (χ3n) is 4.63. The molecule has 1 amide bonds. The van der Waals surface area contributed by atoms with Gasteiger partial charge in [0.1, 0.15) is 5.69 Å². The summed E-state index contributed by atoms with van der Waals surface area (Å²) in [4.78, 5) is 32.9. The van der Waals surface area contributed by atoms with Crippen LogP contribution in [-0.4, -0.2) is 20.9 Å². The van der Waals surface area contributed by atoms with Crippen molar-refractivity contribution < 1.29 is 18.0 Å². The van der Waals surface area contributed by atoms with Crippen LogP contribution in [0.1, 0.15) is 44.1 Å². The maximum Gasteiger partial charge on any atom is 0.433 e. The second kappa shape index (κ2) is 8.41. The summed E-state index contributed by atoms with van der Waals surface area (Å²) in [6.45, 7) is 5.99. The molecule has 3 rings (SSSR count). The Bertz CT molecular complexity index is 1180. The van der Waals surface area contributed by atoms with Gasteiger partial charge in [-0.1, -0.05) is 32.9 Å². The van der Waals surface area contributed by atoms with Gasteiger partial charge in [0, 0.05) is 11.8 Å². The first-order chi connectivity index (χ1) is 14.4. The van der Waals surface area contributed by atoms with Crippen LogP contribution in [-0.2, 0) is 17.4 Å². The summed E-state index contributed by atoms with van der Waals surface area (Å²) < 4.78 is 39.3. The van der Waals surface area contributed by atoms with E-state index >= 15 is 0 Å². The Labute approximate surface area is 176 Å². The molecule has 0 aliphatic heterocycles. The van der Waals surface area contributed by atoms with Crippen LogP contribution in [0.4, 0.5) is 18.9 Å². The lowest BCUT2D eigenvalue weighted by Gasteiger charge is -2.18. The predicted octanol–water partition coefficient (Wildman–Crippen LogP) is 4.90. The number of aryl methyl sites for hydroxylation is 1. The van der Waals surface area contributed by atoms with Crippen molar-refractivity contribution in [2.45, 2.75) is 39.8 Å². The number of anilines is 1. The van der Waals surface area contributed by atoms with Gasteiger partial charge in [0.05, 0.1) is 16.7 Å². The molecule has 164 valence electrons. The average Bonchev–Trinajstić information content (AvgIpc) is 3.05. The smallest absolute Gasteiger partial charge is 0.321 e. The van der Waals surface area contributed by atoms with Crippen LogP contribution in [0.3, 0.4) is 0 Å². The van der Waals surface area contributed by atoms with Crippen LogP contribution in [0, 0.1) is 5.41 Å².